The lowest BCUT2D eigenvalue weighted by molar-refractivity contribution is -0.111. The molecule has 0 atom stereocenters. The van der Waals surface area contributed by atoms with Crippen LogP contribution in [-0.2, 0) is 4.79 Å². The van der Waals surface area contributed by atoms with Crippen molar-refractivity contribution in [1.29, 1.82) is 0 Å². The molecule has 1 aliphatic carbocycles. The first kappa shape index (κ1) is 15.0. The summed E-state index contributed by atoms with van der Waals surface area (Å²) in [6, 6.07) is 16.3. The Labute approximate surface area is 151 Å². The van der Waals surface area contributed by atoms with Crippen molar-refractivity contribution >= 4 is 39.7 Å². The molecule has 2 N–H and O–H groups in total. The highest BCUT2D eigenvalue weighted by Crippen LogP contribution is 2.32. The van der Waals surface area contributed by atoms with Crippen LogP contribution in [0.2, 0.25) is 0 Å². The standard InChI is InChI=1S/C23H18N2O/c26-23-15(11-17-13-24-21-7-3-1-5-19(17)21)9-10-16(23)12-18-14-25-22-8-4-2-6-20(18)22/h1-8,11-14,24-25H,9-10H2. The van der Waals surface area contributed by atoms with Gasteiger partial charge in [0.05, 0.1) is 0 Å². The number of Topliss-reactive ketones (excluding diaryl/α,β-unsaturated/α-hetero) is 1. The van der Waals surface area contributed by atoms with Gasteiger partial charge in [-0.05, 0) is 37.1 Å². The average molecular weight is 338 g/mol. The number of H-pyrrole nitrogens is 2. The van der Waals surface area contributed by atoms with Gasteiger partial charge >= 0.3 is 0 Å². The molecule has 3 heteroatoms. The molecule has 0 aliphatic heterocycles. The lowest BCUT2D eigenvalue weighted by Crippen LogP contribution is -1.95. The van der Waals surface area contributed by atoms with Crippen molar-refractivity contribution < 1.29 is 4.79 Å². The van der Waals surface area contributed by atoms with Crippen LogP contribution in [-0.4, -0.2) is 15.8 Å². The molecule has 126 valence electrons. The summed E-state index contributed by atoms with van der Waals surface area (Å²) in [5, 5.41) is 2.31. The fourth-order valence-electron chi connectivity index (χ4n) is 3.78. The Morgan fingerprint density at radius 3 is 1.65 bits per heavy atom. The van der Waals surface area contributed by atoms with Gasteiger partial charge in [0.25, 0.3) is 0 Å². The number of aromatic nitrogens is 2. The lowest BCUT2D eigenvalue weighted by Gasteiger charge is -1.97. The Bertz CT molecular complexity index is 1110. The van der Waals surface area contributed by atoms with Crippen molar-refractivity contribution in [3.63, 3.8) is 0 Å². The molecule has 0 radical (unpaired) electrons. The van der Waals surface area contributed by atoms with Gasteiger partial charge < -0.3 is 9.97 Å². The van der Waals surface area contributed by atoms with E-state index < -0.39 is 0 Å². The Kier molecular flexibility index (Phi) is 3.39. The van der Waals surface area contributed by atoms with Crippen molar-refractivity contribution in [1.82, 2.24) is 9.97 Å². The van der Waals surface area contributed by atoms with Crippen LogP contribution in [0.25, 0.3) is 34.0 Å². The number of para-hydroxylation sites is 2. The van der Waals surface area contributed by atoms with Gasteiger partial charge in [-0.15, -0.1) is 0 Å². The minimum atomic E-state index is 0.167. The Morgan fingerprint density at radius 1 is 0.692 bits per heavy atom. The third-order valence-electron chi connectivity index (χ3n) is 5.15. The first-order valence-electron chi connectivity index (χ1n) is 8.88. The van der Waals surface area contributed by atoms with Crippen LogP contribution in [0.3, 0.4) is 0 Å². The maximum absolute atomic E-state index is 12.9. The molecule has 2 aromatic heterocycles. The molecule has 1 saturated carbocycles. The number of benzene rings is 2. The highest BCUT2D eigenvalue weighted by molar-refractivity contribution is 6.16. The summed E-state index contributed by atoms with van der Waals surface area (Å²) >= 11 is 0. The summed E-state index contributed by atoms with van der Waals surface area (Å²) < 4.78 is 0. The zero-order chi connectivity index (χ0) is 17.5. The Balaban J connectivity index is 1.50. The second kappa shape index (κ2) is 5.88. The van der Waals surface area contributed by atoms with Crippen LogP contribution in [0.15, 0.2) is 72.1 Å². The van der Waals surface area contributed by atoms with Gasteiger partial charge in [0.2, 0.25) is 0 Å². The molecule has 2 aromatic carbocycles. The van der Waals surface area contributed by atoms with Crippen LogP contribution >= 0.6 is 0 Å². The molecular formula is C23H18N2O. The molecule has 5 rings (SSSR count). The van der Waals surface area contributed by atoms with E-state index >= 15 is 0 Å². The van der Waals surface area contributed by atoms with Crippen LogP contribution in [0.5, 0.6) is 0 Å². The summed E-state index contributed by atoms with van der Waals surface area (Å²) in [7, 11) is 0. The smallest absolute Gasteiger partial charge is 0.185 e. The maximum atomic E-state index is 12.9. The fourth-order valence-corrected chi connectivity index (χ4v) is 3.78. The van der Waals surface area contributed by atoms with Crippen LogP contribution in [0, 0.1) is 0 Å². The Morgan fingerprint density at radius 2 is 1.15 bits per heavy atom. The van der Waals surface area contributed by atoms with Gasteiger partial charge in [-0.25, -0.2) is 0 Å². The van der Waals surface area contributed by atoms with E-state index in [0.29, 0.717) is 0 Å². The van der Waals surface area contributed by atoms with Gasteiger partial charge in [0.15, 0.2) is 5.78 Å². The third kappa shape index (κ3) is 2.40. The molecule has 0 bridgehead atoms. The molecule has 0 spiro atoms. The highest BCUT2D eigenvalue weighted by atomic mass is 16.1. The number of allylic oxidation sites excluding steroid dienone is 2. The summed E-state index contributed by atoms with van der Waals surface area (Å²) in [5.41, 5.74) is 6.13. The maximum Gasteiger partial charge on any atom is 0.185 e. The quantitative estimate of drug-likeness (QED) is 0.467. The van der Waals surface area contributed by atoms with Gasteiger partial charge in [-0.3, -0.25) is 4.79 Å². The van der Waals surface area contributed by atoms with E-state index in [1.165, 1.54) is 0 Å². The van der Waals surface area contributed by atoms with E-state index in [9.17, 15) is 4.79 Å². The van der Waals surface area contributed by atoms with Crippen molar-refractivity contribution in [2.24, 2.45) is 0 Å². The normalized spacial score (nSPS) is 17.9. The van der Waals surface area contributed by atoms with Crippen molar-refractivity contribution in [3.8, 4) is 0 Å². The molecule has 3 nitrogen and oxygen atoms in total. The number of nitrogens with one attached hydrogen (secondary N) is 2. The number of hydrogen-bond acceptors (Lipinski definition) is 1. The van der Waals surface area contributed by atoms with Crippen molar-refractivity contribution in [3.05, 3.63) is 83.2 Å². The summed E-state index contributed by atoms with van der Waals surface area (Å²) in [4.78, 5) is 19.4. The molecule has 0 unspecified atom stereocenters. The van der Waals surface area contributed by atoms with E-state index in [4.69, 9.17) is 0 Å². The third-order valence-corrected chi connectivity index (χ3v) is 5.15. The van der Waals surface area contributed by atoms with Crippen molar-refractivity contribution in [2.45, 2.75) is 12.8 Å². The molecule has 2 heterocycles. The number of aromatic amines is 2. The second-order valence-corrected chi connectivity index (χ2v) is 6.75. The van der Waals surface area contributed by atoms with E-state index in [1.807, 2.05) is 48.8 Å². The highest BCUT2D eigenvalue weighted by Gasteiger charge is 2.23. The monoisotopic (exact) mass is 338 g/mol. The minimum absolute atomic E-state index is 0.167. The second-order valence-electron chi connectivity index (χ2n) is 6.75. The molecular weight excluding hydrogens is 320 g/mol. The molecule has 0 amide bonds. The van der Waals surface area contributed by atoms with E-state index in [1.54, 1.807) is 0 Å². The predicted molar refractivity (Wildman–Crippen MR) is 107 cm³/mol. The Hall–Kier alpha value is -3.33. The van der Waals surface area contributed by atoms with Crippen molar-refractivity contribution in [2.75, 3.05) is 0 Å². The first-order chi connectivity index (χ1) is 12.8. The van der Waals surface area contributed by atoms with Gasteiger partial charge in [0.1, 0.15) is 0 Å². The van der Waals surface area contributed by atoms with E-state index in [-0.39, 0.29) is 5.78 Å². The SMILES string of the molecule is O=C1C(=Cc2c[nH]c3ccccc23)CCC1=Cc1c[nH]c2ccccc12. The van der Waals surface area contributed by atoms with Crippen LogP contribution in [0.1, 0.15) is 24.0 Å². The summed E-state index contributed by atoms with van der Waals surface area (Å²) in [5.74, 6) is 0.167. The molecule has 0 saturated heterocycles. The number of rotatable bonds is 2. The average Bonchev–Trinajstić information content (AvgIpc) is 3.36. The summed E-state index contributed by atoms with van der Waals surface area (Å²) in [6.07, 6.45) is 9.63. The number of ketones is 1. The summed E-state index contributed by atoms with van der Waals surface area (Å²) in [6.45, 7) is 0. The fraction of sp³-hybridized carbons (Fsp3) is 0.0870. The number of carbonyl (C=O) groups excluding carboxylic acids is 1. The minimum Gasteiger partial charge on any atom is -0.361 e. The van der Waals surface area contributed by atoms with Crippen LogP contribution in [0.4, 0.5) is 0 Å². The van der Waals surface area contributed by atoms with Gasteiger partial charge in [-0.2, -0.15) is 0 Å². The van der Waals surface area contributed by atoms with Gasteiger partial charge in [0, 0.05) is 56.5 Å². The van der Waals surface area contributed by atoms with E-state index in [0.717, 1.165) is 56.9 Å². The zero-order valence-corrected chi connectivity index (χ0v) is 14.3. The first-order valence-corrected chi connectivity index (χ1v) is 8.88. The van der Waals surface area contributed by atoms with E-state index in [2.05, 4.69) is 34.2 Å². The molecule has 1 fully saturated rings. The molecule has 26 heavy (non-hydrogen) atoms. The molecule has 4 aromatic rings. The molecule has 1 aliphatic rings. The number of fused-ring (bicyclic) bond motifs is 2. The van der Waals surface area contributed by atoms with Gasteiger partial charge in [-0.1, -0.05) is 36.4 Å². The largest absolute Gasteiger partial charge is 0.361 e. The van der Waals surface area contributed by atoms with Crippen LogP contribution < -0.4 is 0 Å². The zero-order valence-electron chi connectivity index (χ0n) is 14.3. The number of carbonyl (C=O) groups is 1. The number of hydrogen-bond donors (Lipinski definition) is 2. The topological polar surface area (TPSA) is 48.6 Å². The lowest BCUT2D eigenvalue weighted by atomic mass is 10.1. The predicted octanol–water partition coefficient (Wildman–Crippen LogP) is 5.48.